The fraction of sp³-hybridized carbons (Fsp3) is 0.292. The standard InChI is InChI=1S/C42H35N2S.C23H34GeN.Ir/c1-25(2)33-22-31(28-13-7-6-8-14-28)23-34(26(3)4)40(33)44-37-18-12-11-17-36(37)43-42(44)32-20-19-27(5)39-35-21-29-15-9-10-16-30(29)24-38(35)45-41(32)39;1-22(2,3)15-18-14-21(25-16-20(18)24(7,8)9)17-11-10-12-19(13-17)23(4,5)6;/h6-19,21-26H,1-5H3;10,12-14,16H,15H2,1-9H3;/q2*-1;/i;15D2;. The third kappa shape index (κ3) is 10.8. The molecular weight excluding hydrogens is 1120 g/mol. The van der Waals surface area contributed by atoms with E-state index in [0.717, 1.165) is 43.6 Å². The van der Waals surface area contributed by atoms with Gasteiger partial charge in [-0.05, 0) is 91.3 Å². The van der Waals surface area contributed by atoms with Crippen molar-refractivity contribution in [3.8, 4) is 39.5 Å². The van der Waals surface area contributed by atoms with Gasteiger partial charge in [0.25, 0.3) is 0 Å². The Labute approximate surface area is 446 Å². The molecule has 0 aliphatic rings. The fourth-order valence-electron chi connectivity index (χ4n) is 9.66. The van der Waals surface area contributed by atoms with Crippen molar-refractivity contribution < 1.29 is 22.8 Å². The molecule has 3 aromatic heterocycles. The van der Waals surface area contributed by atoms with E-state index in [1.165, 1.54) is 70.0 Å². The molecule has 10 aromatic rings. The number of rotatable bonds is 8. The van der Waals surface area contributed by atoms with Crippen LogP contribution in [0.1, 0.15) is 112 Å². The molecule has 0 saturated carbocycles. The van der Waals surface area contributed by atoms with Crippen molar-refractivity contribution in [2.45, 2.75) is 117 Å². The van der Waals surface area contributed by atoms with Crippen molar-refractivity contribution in [3.05, 3.63) is 180 Å². The van der Waals surface area contributed by atoms with E-state index >= 15 is 0 Å². The van der Waals surface area contributed by atoms with Crippen LogP contribution in [0.25, 0.3) is 81.4 Å². The van der Waals surface area contributed by atoms with Crippen molar-refractivity contribution in [1.82, 2.24) is 14.5 Å². The molecule has 365 valence electrons. The zero-order valence-electron chi connectivity index (χ0n) is 46.0. The number of thiophene rings is 1. The summed E-state index contributed by atoms with van der Waals surface area (Å²) in [7, 11) is 0. The molecule has 10 rings (SSSR count). The van der Waals surface area contributed by atoms with Crippen LogP contribution in [-0.4, -0.2) is 27.8 Å². The number of pyridine rings is 1. The van der Waals surface area contributed by atoms with Gasteiger partial charge in [-0.3, -0.25) is 4.98 Å². The summed E-state index contributed by atoms with van der Waals surface area (Å²) in [5.74, 6) is 8.47. The zero-order valence-corrected chi connectivity index (χ0v) is 49.3. The number of fused-ring (bicyclic) bond motifs is 5. The van der Waals surface area contributed by atoms with E-state index in [-0.39, 0.29) is 25.5 Å². The first-order valence-corrected chi connectivity index (χ1v) is 33.1. The normalized spacial score (nSPS) is 12.9. The Bertz CT molecular complexity index is 3610. The maximum atomic E-state index is 8.90. The van der Waals surface area contributed by atoms with Crippen molar-refractivity contribution in [2.24, 2.45) is 5.41 Å². The number of hydrogen-bond donors (Lipinski definition) is 0. The van der Waals surface area contributed by atoms with Gasteiger partial charge in [-0.15, -0.1) is 17.7 Å². The minimum atomic E-state index is -2.29. The Morgan fingerprint density at radius 2 is 1.37 bits per heavy atom. The Morgan fingerprint density at radius 1 is 0.732 bits per heavy atom. The van der Waals surface area contributed by atoms with Gasteiger partial charge in [-0.25, -0.2) is 0 Å². The second-order valence-corrected chi connectivity index (χ2v) is 34.4. The Balaban J connectivity index is 0.000000219. The van der Waals surface area contributed by atoms with Crippen LogP contribution in [0.2, 0.25) is 17.3 Å². The van der Waals surface area contributed by atoms with Gasteiger partial charge < -0.3 is 4.57 Å². The van der Waals surface area contributed by atoms with Gasteiger partial charge in [0.05, 0.1) is 16.9 Å². The van der Waals surface area contributed by atoms with Gasteiger partial charge in [-0.1, -0.05) is 112 Å². The summed E-state index contributed by atoms with van der Waals surface area (Å²) < 4.78 is 23.9. The van der Waals surface area contributed by atoms with Crippen LogP contribution in [0.5, 0.6) is 0 Å². The summed E-state index contributed by atoms with van der Waals surface area (Å²) in [6.07, 6.45) is 0.506. The van der Waals surface area contributed by atoms with E-state index in [2.05, 4.69) is 211 Å². The van der Waals surface area contributed by atoms with Crippen LogP contribution >= 0.6 is 11.3 Å². The van der Waals surface area contributed by atoms with Crippen LogP contribution in [0.15, 0.2) is 140 Å². The maximum Gasteiger partial charge on any atom is 0 e. The smallest absolute Gasteiger partial charge is 0 e. The molecule has 0 aliphatic heterocycles. The third-order valence-electron chi connectivity index (χ3n) is 13.3. The van der Waals surface area contributed by atoms with E-state index in [4.69, 9.17) is 12.7 Å². The summed E-state index contributed by atoms with van der Waals surface area (Å²) in [5, 5.41) is 5.16. The summed E-state index contributed by atoms with van der Waals surface area (Å²) in [6, 6.07) is 54.9. The fourth-order valence-corrected chi connectivity index (χ4v) is 13.9. The van der Waals surface area contributed by atoms with E-state index in [1.807, 2.05) is 50.4 Å². The average Bonchev–Trinajstić information content (AvgIpc) is 3.91. The summed E-state index contributed by atoms with van der Waals surface area (Å²) in [4.78, 5) is 10.1. The molecule has 0 N–H and O–H groups in total. The van der Waals surface area contributed by atoms with E-state index in [0.29, 0.717) is 11.8 Å². The summed E-state index contributed by atoms with van der Waals surface area (Å²) >= 11 is -0.428. The number of imidazole rings is 1. The van der Waals surface area contributed by atoms with Gasteiger partial charge in [0.2, 0.25) is 0 Å². The van der Waals surface area contributed by atoms with Gasteiger partial charge >= 0.3 is 160 Å². The molecule has 0 unspecified atom stereocenters. The van der Waals surface area contributed by atoms with Crippen LogP contribution < -0.4 is 4.40 Å². The summed E-state index contributed by atoms with van der Waals surface area (Å²) in [6.45, 7) is 23.9. The van der Waals surface area contributed by atoms with Gasteiger partial charge in [0.1, 0.15) is 0 Å². The molecule has 0 spiro atoms. The quantitative estimate of drug-likeness (QED) is 0.112. The molecule has 1 radical (unpaired) electrons. The molecule has 0 fully saturated rings. The summed E-state index contributed by atoms with van der Waals surface area (Å²) in [5.41, 5.74) is 14.2. The molecule has 0 saturated heterocycles. The molecule has 0 bridgehead atoms. The average molecular weight is 1190 g/mol. The molecule has 0 aliphatic carbocycles. The largest absolute Gasteiger partial charge is 0 e. The molecule has 0 amide bonds. The molecule has 0 atom stereocenters. The number of hydrogen-bond acceptors (Lipinski definition) is 3. The SMILES string of the molecule is Cc1c[c-]c(-c2nc3ccccc3n2-c2c(C(C)C)cc(-c3ccccc3)cc2C(C)C)c2sc3cc4ccccc4cc3c12.[2H]C([2H])(c1cc(-c2[c-]ccc(C(C)(C)C)c2)nc[c]1[Ge]([CH3])([CH3])[CH3])C(C)(C)C.[Ir]. The number of para-hydroxylation sites is 2. The molecule has 7 aromatic carbocycles. The van der Waals surface area contributed by atoms with Crippen LogP contribution in [0.4, 0.5) is 0 Å². The van der Waals surface area contributed by atoms with E-state index < -0.39 is 25.1 Å². The Kier molecular flexibility index (Phi) is 14.2. The van der Waals surface area contributed by atoms with Gasteiger partial charge in [-0.2, -0.15) is 11.3 Å². The van der Waals surface area contributed by atoms with Crippen LogP contribution in [-0.2, 0) is 31.9 Å². The molecule has 71 heavy (non-hydrogen) atoms. The second kappa shape index (κ2) is 20.4. The number of benzene rings is 7. The molecule has 3 heterocycles. The first-order chi connectivity index (χ1) is 33.9. The van der Waals surface area contributed by atoms with Crippen molar-refractivity contribution in [1.29, 1.82) is 0 Å². The second-order valence-electron chi connectivity index (χ2n) is 22.8. The first-order valence-electron chi connectivity index (χ1n) is 26.0. The van der Waals surface area contributed by atoms with E-state index in [9.17, 15) is 0 Å². The van der Waals surface area contributed by atoms with Gasteiger partial charge in [0.15, 0.2) is 0 Å². The van der Waals surface area contributed by atoms with Crippen molar-refractivity contribution >= 4 is 71.0 Å². The number of aryl methyl sites for hydroxylation is 1. The first kappa shape index (κ1) is 49.4. The predicted molar refractivity (Wildman–Crippen MR) is 307 cm³/mol. The molecular formula is C65H69GeIrN3S-2. The minimum absolute atomic E-state index is 0. The minimum Gasteiger partial charge on any atom is 0 e. The Hall–Kier alpha value is -5.17. The third-order valence-corrected chi connectivity index (χ3v) is 18.7. The van der Waals surface area contributed by atoms with E-state index in [1.54, 1.807) is 0 Å². The Morgan fingerprint density at radius 3 is 2.00 bits per heavy atom. The van der Waals surface area contributed by atoms with Crippen molar-refractivity contribution in [3.63, 3.8) is 0 Å². The van der Waals surface area contributed by atoms with Crippen molar-refractivity contribution in [2.75, 3.05) is 0 Å². The molecule has 3 nitrogen and oxygen atoms in total. The number of nitrogens with zero attached hydrogens (tertiary/aromatic N) is 3. The van der Waals surface area contributed by atoms with Gasteiger partial charge in [0, 0.05) is 30.5 Å². The zero-order chi connectivity index (χ0) is 51.7. The van der Waals surface area contributed by atoms with Crippen LogP contribution in [0, 0.1) is 24.5 Å². The molecule has 6 heteroatoms. The monoisotopic (exact) mass is 1190 g/mol. The number of aromatic nitrogens is 3. The maximum absolute atomic E-state index is 8.90. The topological polar surface area (TPSA) is 30.7 Å². The predicted octanol–water partition coefficient (Wildman–Crippen LogP) is 18.2. The van der Waals surface area contributed by atoms with Crippen LogP contribution in [0.3, 0.4) is 0 Å².